The molecule has 2 nitrogen and oxygen atoms in total. The zero-order chi connectivity index (χ0) is 11.1. The first-order valence-corrected chi connectivity index (χ1v) is 5.60. The lowest BCUT2D eigenvalue weighted by Gasteiger charge is -2.24. The summed E-state index contributed by atoms with van der Waals surface area (Å²) in [6.45, 7) is 4.30. The van der Waals surface area contributed by atoms with Gasteiger partial charge in [-0.1, -0.05) is 18.2 Å². The summed E-state index contributed by atoms with van der Waals surface area (Å²) in [6.07, 6.45) is 2.26. The molecule has 1 aliphatic rings. The van der Waals surface area contributed by atoms with Crippen LogP contribution in [-0.2, 0) is 0 Å². The van der Waals surface area contributed by atoms with E-state index >= 15 is 0 Å². The number of hydrogen-bond acceptors (Lipinski definition) is 2. The van der Waals surface area contributed by atoms with E-state index in [9.17, 15) is 0 Å². The predicted molar refractivity (Wildman–Crippen MR) is 63.9 cm³/mol. The summed E-state index contributed by atoms with van der Waals surface area (Å²) in [5, 5.41) is 3.34. The number of benzene rings is 1. The molecule has 0 aliphatic heterocycles. The van der Waals surface area contributed by atoms with Crippen molar-refractivity contribution in [2.24, 2.45) is 5.73 Å². The van der Waals surface area contributed by atoms with Crippen molar-refractivity contribution < 1.29 is 0 Å². The van der Waals surface area contributed by atoms with Gasteiger partial charge in [-0.2, -0.15) is 0 Å². The van der Waals surface area contributed by atoms with Crippen LogP contribution in [0.4, 0.5) is 0 Å². The molecule has 0 spiro atoms. The van der Waals surface area contributed by atoms with E-state index in [1.54, 1.807) is 0 Å². The standard InChI is InChI=1S/C13H20N2/c1-9-4-5-11(8-10(9)2)12(15-3)13(14)6-7-13/h4-5,8,12,15H,6-7,14H2,1-3H3. The van der Waals surface area contributed by atoms with Gasteiger partial charge in [-0.3, -0.25) is 0 Å². The Bertz CT molecular complexity index is 367. The van der Waals surface area contributed by atoms with Crippen molar-refractivity contribution in [3.05, 3.63) is 34.9 Å². The molecule has 0 heterocycles. The second-order valence-corrected chi connectivity index (χ2v) is 4.80. The Morgan fingerprint density at radius 3 is 2.40 bits per heavy atom. The van der Waals surface area contributed by atoms with E-state index in [-0.39, 0.29) is 5.54 Å². The topological polar surface area (TPSA) is 38.0 Å². The quantitative estimate of drug-likeness (QED) is 0.791. The van der Waals surface area contributed by atoms with Gasteiger partial charge in [0.15, 0.2) is 0 Å². The molecule has 2 heteroatoms. The molecule has 1 atom stereocenters. The third-order valence-electron chi connectivity index (χ3n) is 3.56. The van der Waals surface area contributed by atoms with Gasteiger partial charge in [0.1, 0.15) is 0 Å². The van der Waals surface area contributed by atoms with E-state index in [2.05, 4.69) is 37.4 Å². The molecule has 2 rings (SSSR count). The van der Waals surface area contributed by atoms with Crippen LogP contribution in [-0.4, -0.2) is 12.6 Å². The largest absolute Gasteiger partial charge is 0.323 e. The molecule has 15 heavy (non-hydrogen) atoms. The van der Waals surface area contributed by atoms with Crippen LogP contribution in [0.3, 0.4) is 0 Å². The van der Waals surface area contributed by atoms with Crippen LogP contribution >= 0.6 is 0 Å². The number of aryl methyl sites for hydroxylation is 2. The fraction of sp³-hybridized carbons (Fsp3) is 0.538. The smallest absolute Gasteiger partial charge is 0.0500 e. The summed E-state index contributed by atoms with van der Waals surface area (Å²) < 4.78 is 0. The second-order valence-electron chi connectivity index (χ2n) is 4.80. The minimum atomic E-state index is -0.00352. The summed E-state index contributed by atoms with van der Waals surface area (Å²) in [5.74, 6) is 0. The summed E-state index contributed by atoms with van der Waals surface area (Å²) in [7, 11) is 1.99. The lowest BCUT2D eigenvalue weighted by Crippen LogP contribution is -2.38. The number of nitrogens with two attached hydrogens (primary N) is 1. The summed E-state index contributed by atoms with van der Waals surface area (Å²) >= 11 is 0. The minimum Gasteiger partial charge on any atom is -0.323 e. The molecule has 1 aromatic rings. The van der Waals surface area contributed by atoms with Crippen LogP contribution in [0.15, 0.2) is 18.2 Å². The zero-order valence-electron chi connectivity index (χ0n) is 9.80. The third-order valence-corrected chi connectivity index (χ3v) is 3.56. The molecular weight excluding hydrogens is 184 g/mol. The van der Waals surface area contributed by atoms with E-state index in [1.807, 2.05) is 7.05 Å². The number of hydrogen-bond donors (Lipinski definition) is 2. The van der Waals surface area contributed by atoms with Gasteiger partial charge in [0.05, 0.1) is 6.04 Å². The van der Waals surface area contributed by atoms with Crippen molar-refractivity contribution in [1.82, 2.24) is 5.32 Å². The SMILES string of the molecule is CNC(c1ccc(C)c(C)c1)C1(N)CC1. The summed E-state index contributed by atoms with van der Waals surface area (Å²) in [4.78, 5) is 0. The highest BCUT2D eigenvalue weighted by Gasteiger charge is 2.45. The maximum atomic E-state index is 6.26. The Balaban J connectivity index is 2.31. The lowest BCUT2D eigenvalue weighted by molar-refractivity contribution is 0.461. The number of likely N-dealkylation sites (N-methyl/N-ethyl adjacent to an activating group) is 1. The van der Waals surface area contributed by atoms with Crippen molar-refractivity contribution in [2.45, 2.75) is 38.3 Å². The molecule has 0 aromatic heterocycles. The Labute approximate surface area is 91.9 Å². The molecule has 1 aliphatic carbocycles. The molecule has 1 fully saturated rings. The van der Waals surface area contributed by atoms with Crippen molar-refractivity contribution in [2.75, 3.05) is 7.05 Å². The molecule has 82 valence electrons. The fourth-order valence-electron chi connectivity index (χ4n) is 2.16. The van der Waals surface area contributed by atoms with Gasteiger partial charge >= 0.3 is 0 Å². The van der Waals surface area contributed by atoms with Gasteiger partial charge in [0, 0.05) is 5.54 Å². The van der Waals surface area contributed by atoms with E-state index in [4.69, 9.17) is 5.73 Å². The van der Waals surface area contributed by atoms with Crippen LogP contribution in [0.2, 0.25) is 0 Å². The van der Waals surface area contributed by atoms with Gasteiger partial charge in [-0.25, -0.2) is 0 Å². The molecule has 0 bridgehead atoms. The monoisotopic (exact) mass is 204 g/mol. The van der Waals surface area contributed by atoms with Crippen LogP contribution in [0.1, 0.15) is 35.6 Å². The highest BCUT2D eigenvalue weighted by atomic mass is 15.0. The molecule has 0 radical (unpaired) electrons. The predicted octanol–water partition coefficient (Wildman–Crippen LogP) is 2.06. The van der Waals surface area contributed by atoms with Gasteiger partial charge in [0.2, 0.25) is 0 Å². The first kappa shape index (κ1) is 10.7. The van der Waals surface area contributed by atoms with Gasteiger partial charge < -0.3 is 11.1 Å². The Morgan fingerprint density at radius 1 is 1.27 bits per heavy atom. The molecule has 0 saturated heterocycles. The van der Waals surface area contributed by atoms with Crippen LogP contribution < -0.4 is 11.1 Å². The maximum absolute atomic E-state index is 6.26. The first-order chi connectivity index (χ1) is 7.07. The number of nitrogens with one attached hydrogen (secondary N) is 1. The van der Waals surface area contributed by atoms with Crippen molar-refractivity contribution in [3.63, 3.8) is 0 Å². The van der Waals surface area contributed by atoms with Gasteiger partial charge in [-0.15, -0.1) is 0 Å². The molecule has 3 N–H and O–H groups in total. The lowest BCUT2D eigenvalue weighted by atomic mass is 9.95. The molecule has 1 unspecified atom stereocenters. The van der Waals surface area contributed by atoms with Crippen LogP contribution in [0, 0.1) is 13.8 Å². The Morgan fingerprint density at radius 2 is 1.93 bits per heavy atom. The normalized spacial score (nSPS) is 20.0. The zero-order valence-corrected chi connectivity index (χ0v) is 9.80. The fourth-order valence-corrected chi connectivity index (χ4v) is 2.16. The van der Waals surface area contributed by atoms with Gasteiger partial charge in [-0.05, 0) is 50.4 Å². The maximum Gasteiger partial charge on any atom is 0.0500 e. The average Bonchev–Trinajstić information content (AvgIpc) is 2.92. The highest BCUT2D eigenvalue weighted by Crippen LogP contribution is 2.43. The van der Waals surface area contributed by atoms with Crippen LogP contribution in [0.25, 0.3) is 0 Å². The van der Waals surface area contributed by atoms with E-state index in [1.165, 1.54) is 16.7 Å². The molecule has 0 amide bonds. The second kappa shape index (κ2) is 3.62. The molecule has 1 aromatic carbocycles. The molecular formula is C13H20N2. The Hall–Kier alpha value is -0.860. The van der Waals surface area contributed by atoms with Crippen molar-refractivity contribution in [3.8, 4) is 0 Å². The third kappa shape index (κ3) is 1.92. The highest BCUT2D eigenvalue weighted by molar-refractivity contribution is 5.34. The Kier molecular flexibility index (Phi) is 2.57. The van der Waals surface area contributed by atoms with Crippen molar-refractivity contribution in [1.29, 1.82) is 0 Å². The first-order valence-electron chi connectivity index (χ1n) is 5.60. The van der Waals surface area contributed by atoms with E-state index in [0.29, 0.717) is 6.04 Å². The minimum absolute atomic E-state index is 0.00352. The van der Waals surface area contributed by atoms with E-state index in [0.717, 1.165) is 12.8 Å². The molecule has 1 saturated carbocycles. The summed E-state index contributed by atoms with van der Waals surface area (Å²) in [6, 6.07) is 6.93. The van der Waals surface area contributed by atoms with Crippen molar-refractivity contribution >= 4 is 0 Å². The van der Waals surface area contributed by atoms with E-state index < -0.39 is 0 Å². The average molecular weight is 204 g/mol. The number of rotatable bonds is 3. The van der Waals surface area contributed by atoms with Gasteiger partial charge in [0.25, 0.3) is 0 Å². The van der Waals surface area contributed by atoms with Crippen LogP contribution in [0.5, 0.6) is 0 Å². The summed E-state index contributed by atoms with van der Waals surface area (Å²) in [5.41, 5.74) is 10.3.